The number of aromatic nitrogens is 1. The standard InChI is InChI=1S/C23H18FN3O3S/c1-13-10-31-11-19(13)14-2-5-16(6-3-14)23(21(29)25-22(30)26-23)12-27-9-15-4-7-17(24)8-18(15)20(27)28/h2-11,28H,12H2,1H3,(H2,25,26,29,30)/t23-/m1/s1. The summed E-state index contributed by atoms with van der Waals surface area (Å²) in [6.45, 7) is 1.98. The van der Waals surface area contributed by atoms with E-state index in [0.29, 0.717) is 16.3 Å². The number of aromatic hydroxyl groups is 1. The predicted molar refractivity (Wildman–Crippen MR) is 116 cm³/mol. The molecule has 1 atom stereocenters. The summed E-state index contributed by atoms with van der Waals surface area (Å²) < 4.78 is 15.1. The maximum absolute atomic E-state index is 13.6. The molecule has 3 N–H and O–H groups in total. The van der Waals surface area contributed by atoms with Gasteiger partial charge in [-0.15, -0.1) is 0 Å². The van der Waals surface area contributed by atoms with Gasteiger partial charge in [-0.1, -0.05) is 24.3 Å². The third kappa shape index (κ3) is 3.07. The third-order valence-electron chi connectivity index (χ3n) is 5.72. The van der Waals surface area contributed by atoms with Crippen LogP contribution < -0.4 is 10.6 Å². The van der Waals surface area contributed by atoms with E-state index >= 15 is 0 Å². The molecular formula is C23H18FN3O3S. The van der Waals surface area contributed by atoms with Crippen LogP contribution in [0.3, 0.4) is 0 Å². The fourth-order valence-electron chi connectivity index (χ4n) is 4.08. The summed E-state index contributed by atoms with van der Waals surface area (Å²) in [6, 6.07) is 10.9. The second-order valence-electron chi connectivity index (χ2n) is 7.67. The highest BCUT2D eigenvalue weighted by Crippen LogP contribution is 2.35. The van der Waals surface area contributed by atoms with Gasteiger partial charge in [0.25, 0.3) is 5.91 Å². The fraction of sp³-hybridized carbons (Fsp3) is 0.130. The third-order valence-corrected chi connectivity index (χ3v) is 6.58. The SMILES string of the molecule is Cc1cscc1-c1ccc([C@@]2(Cn3cc4ccc(F)cc4c3O)NC(=O)NC2=O)cc1. The van der Waals surface area contributed by atoms with Gasteiger partial charge in [0, 0.05) is 17.0 Å². The number of carbonyl (C=O) groups is 2. The van der Waals surface area contributed by atoms with Gasteiger partial charge in [-0.2, -0.15) is 11.3 Å². The molecule has 4 aromatic rings. The lowest BCUT2D eigenvalue weighted by atomic mass is 9.88. The van der Waals surface area contributed by atoms with Crippen molar-refractivity contribution < 1.29 is 19.1 Å². The van der Waals surface area contributed by atoms with Gasteiger partial charge in [-0.25, -0.2) is 9.18 Å². The molecule has 1 aliphatic heterocycles. The van der Waals surface area contributed by atoms with Crippen LogP contribution in [0.2, 0.25) is 0 Å². The van der Waals surface area contributed by atoms with Gasteiger partial charge in [0.1, 0.15) is 5.82 Å². The Hall–Kier alpha value is -3.65. The lowest BCUT2D eigenvalue weighted by Crippen LogP contribution is -2.47. The molecule has 1 aliphatic rings. The van der Waals surface area contributed by atoms with Crippen LogP contribution in [0.25, 0.3) is 21.9 Å². The quantitative estimate of drug-likeness (QED) is 0.419. The van der Waals surface area contributed by atoms with Gasteiger partial charge in [-0.05, 0) is 58.1 Å². The highest BCUT2D eigenvalue weighted by molar-refractivity contribution is 7.08. The zero-order valence-corrected chi connectivity index (χ0v) is 17.3. The highest BCUT2D eigenvalue weighted by Gasteiger charge is 2.48. The van der Waals surface area contributed by atoms with Crippen molar-refractivity contribution in [1.29, 1.82) is 0 Å². The zero-order valence-electron chi connectivity index (χ0n) is 16.5. The molecule has 31 heavy (non-hydrogen) atoms. The number of carbonyl (C=O) groups excluding carboxylic acids is 2. The number of imide groups is 1. The second kappa shape index (κ2) is 6.95. The molecule has 0 aliphatic carbocycles. The van der Waals surface area contributed by atoms with Crippen LogP contribution in [0.15, 0.2) is 59.4 Å². The second-order valence-corrected chi connectivity index (χ2v) is 8.42. The predicted octanol–water partition coefficient (Wildman–Crippen LogP) is 4.26. The molecule has 0 unspecified atom stereocenters. The summed E-state index contributed by atoms with van der Waals surface area (Å²) in [6.07, 6.45) is 1.63. The minimum absolute atomic E-state index is 0.0521. The van der Waals surface area contributed by atoms with E-state index in [2.05, 4.69) is 21.4 Å². The minimum atomic E-state index is -1.41. The Balaban J connectivity index is 1.58. The lowest BCUT2D eigenvalue weighted by Gasteiger charge is -2.27. The van der Waals surface area contributed by atoms with Crippen molar-refractivity contribution in [2.75, 3.05) is 0 Å². The molecule has 2 aromatic carbocycles. The maximum Gasteiger partial charge on any atom is 0.322 e. The van der Waals surface area contributed by atoms with Crippen molar-refractivity contribution in [3.63, 3.8) is 0 Å². The van der Waals surface area contributed by atoms with Crippen molar-refractivity contribution in [1.82, 2.24) is 15.2 Å². The Kier molecular flexibility index (Phi) is 4.33. The van der Waals surface area contributed by atoms with Gasteiger partial charge in [0.15, 0.2) is 11.4 Å². The van der Waals surface area contributed by atoms with Crippen LogP contribution in [-0.4, -0.2) is 21.6 Å². The number of fused-ring (bicyclic) bond motifs is 1. The molecule has 5 rings (SSSR count). The average molecular weight is 435 g/mol. The Morgan fingerprint density at radius 3 is 2.55 bits per heavy atom. The molecule has 3 amide bonds. The van der Waals surface area contributed by atoms with Crippen molar-refractivity contribution in [2.24, 2.45) is 0 Å². The number of halogens is 1. The van der Waals surface area contributed by atoms with E-state index in [0.717, 1.165) is 16.7 Å². The van der Waals surface area contributed by atoms with E-state index < -0.39 is 23.3 Å². The van der Waals surface area contributed by atoms with Gasteiger partial charge >= 0.3 is 6.03 Å². The number of nitrogens with zero attached hydrogens (tertiary/aromatic N) is 1. The fourth-order valence-corrected chi connectivity index (χ4v) is 4.94. The van der Waals surface area contributed by atoms with Crippen LogP contribution in [0, 0.1) is 12.7 Å². The van der Waals surface area contributed by atoms with Crippen molar-refractivity contribution in [3.05, 3.63) is 76.4 Å². The Morgan fingerprint density at radius 1 is 1.13 bits per heavy atom. The summed E-state index contributed by atoms with van der Waals surface area (Å²) in [5, 5.41) is 20.8. The van der Waals surface area contributed by atoms with E-state index in [-0.39, 0.29) is 12.4 Å². The first-order chi connectivity index (χ1) is 14.9. The smallest absolute Gasteiger partial charge is 0.322 e. The highest BCUT2D eigenvalue weighted by atomic mass is 32.1. The largest absolute Gasteiger partial charge is 0.494 e. The van der Waals surface area contributed by atoms with Crippen molar-refractivity contribution >= 4 is 34.0 Å². The molecule has 0 saturated carbocycles. The van der Waals surface area contributed by atoms with Crippen LogP contribution >= 0.6 is 11.3 Å². The molecule has 2 aromatic heterocycles. The monoisotopic (exact) mass is 435 g/mol. The molecule has 0 radical (unpaired) electrons. The number of hydrogen-bond donors (Lipinski definition) is 3. The number of nitrogens with one attached hydrogen (secondary N) is 2. The molecule has 8 heteroatoms. The van der Waals surface area contributed by atoms with Gasteiger partial charge in [-0.3, -0.25) is 10.1 Å². The van der Waals surface area contributed by atoms with E-state index in [1.807, 2.05) is 19.1 Å². The number of hydrogen-bond acceptors (Lipinski definition) is 4. The number of rotatable bonds is 4. The number of urea groups is 1. The molecule has 3 heterocycles. The molecule has 156 valence electrons. The van der Waals surface area contributed by atoms with Crippen LogP contribution in [0.1, 0.15) is 11.1 Å². The molecular weight excluding hydrogens is 417 g/mol. The van der Waals surface area contributed by atoms with E-state index in [1.165, 1.54) is 16.7 Å². The van der Waals surface area contributed by atoms with E-state index in [1.54, 1.807) is 35.7 Å². The number of amides is 3. The lowest BCUT2D eigenvalue weighted by molar-refractivity contribution is -0.124. The maximum atomic E-state index is 13.6. The van der Waals surface area contributed by atoms with Crippen molar-refractivity contribution in [2.45, 2.75) is 19.0 Å². The molecule has 0 spiro atoms. The summed E-state index contributed by atoms with van der Waals surface area (Å²) in [5.74, 6) is -1.16. The number of aryl methyl sites for hydroxylation is 1. The number of benzene rings is 2. The van der Waals surface area contributed by atoms with Crippen molar-refractivity contribution in [3.8, 4) is 17.0 Å². The summed E-state index contributed by atoms with van der Waals surface area (Å²) in [7, 11) is 0. The minimum Gasteiger partial charge on any atom is -0.494 e. The Bertz CT molecular complexity index is 1340. The topological polar surface area (TPSA) is 83.4 Å². The van der Waals surface area contributed by atoms with Crippen LogP contribution in [0.4, 0.5) is 9.18 Å². The van der Waals surface area contributed by atoms with E-state index in [9.17, 15) is 19.1 Å². The Morgan fingerprint density at radius 2 is 1.90 bits per heavy atom. The van der Waals surface area contributed by atoms with Crippen LogP contribution in [0.5, 0.6) is 5.88 Å². The van der Waals surface area contributed by atoms with Gasteiger partial charge in [0.2, 0.25) is 0 Å². The first kappa shape index (κ1) is 19.3. The van der Waals surface area contributed by atoms with E-state index in [4.69, 9.17) is 0 Å². The average Bonchev–Trinajstić information content (AvgIpc) is 3.39. The first-order valence-electron chi connectivity index (χ1n) is 9.62. The van der Waals surface area contributed by atoms with Crippen LogP contribution in [-0.2, 0) is 16.9 Å². The zero-order chi connectivity index (χ0) is 21.8. The van der Waals surface area contributed by atoms with Gasteiger partial charge in [0.05, 0.1) is 6.54 Å². The molecule has 1 fully saturated rings. The number of thiophene rings is 1. The molecule has 0 bridgehead atoms. The molecule has 1 saturated heterocycles. The Labute approximate surface area is 180 Å². The molecule has 6 nitrogen and oxygen atoms in total. The summed E-state index contributed by atoms with van der Waals surface area (Å²) >= 11 is 1.62. The normalized spacial score (nSPS) is 18.4. The first-order valence-corrected chi connectivity index (χ1v) is 10.6. The summed E-state index contributed by atoms with van der Waals surface area (Å²) in [4.78, 5) is 25.0. The van der Waals surface area contributed by atoms with Gasteiger partial charge < -0.3 is 15.0 Å². The summed E-state index contributed by atoms with van der Waals surface area (Å²) in [5.41, 5.74) is 2.45.